The molecule has 4 N–H and O–H groups in total. The molecule has 1 saturated carbocycles. The molecule has 11 heteroatoms. The van der Waals surface area contributed by atoms with Gasteiger partial charge in [0.15, 0.2) is 0 Å². The maximum Gasteiger partial charge on any atom is 0.232 e. The monoisotopic (exact) mass is 583 g/mol. The number of fused-ring (bicyclic) bond motifs is 1. The van der Waals surface area contributed by atoms with E-state index in [2.05, 4.69) is 34.4 Å². The molecule has 0 spiro atoms. The zero-order valence-corrected chi connectivity index (χ0v) is 25.4. The van der Waals surface area contributed by atoms with Gasteiger partial charge in [0.05, 0.1) is 12.6 Å². The molecule has 0 radical (unpaired) electrons. The minimum atomic E-state index is -3.80. The fourth-order valence-corrected chi connectivity index (χ4v) is 8.11. The second-order valence-corrected chi connectivity index (χ2v) is 14.1. The van der Waals surface area contributed by atoms with Crippen LogP contribution in [0.2, 0.25) is 0 Å². The Morgan fingerprint density at radius 1 is 1.07 bits per heavy atom. The van der Waals surface area contributed by atoms with Crippen LogP contribution in [-0.2, 0) is 19.5 Å². The summed E-state index contributed by atoms with van der Waals surface area (Å²) in [4.78, 5) is 16.4. The van der Waals surface area contributed by atoms with Crippen LogP contribution in [0, 0.1) is 11.8 Å². The lowest BCUT2D eigenvalue weighted by molar-refractivity contribution is 0.180. The van der Waals surface area contributed by atoms with Crippen molar-refractivity contribution in [3.63, 3.8) is 0 Å². The van der Waals surface area contributed by atoms with Crippen molar-refractivity contribution < 1.29 is 13.2 Å². The predicted octanol–water partition coefficient (Wildman–Crippen LogP) is 4.52. The Balaban J connectivity index is 1.23. The van der Waals surface area contributed by atoms with Crippen LogP contribution in [0.5, 0.6) is 0 Å². The lowest BCUT2D eigenvalue weighted by Crippen LogP contribution is -2.44. The number of rotatable bonds is 11. The second kappa shape index (κ2) is 12.6. The first kappa shape index (κ1) is 29.7. The number of methoxy groups -OCH3 is 1. The summed E-state index contributed by atoms with van der Waals surface area (Å²) in [6.07, 6.45) is 11.1. The summed E-state index contributed by atoms with van der Waals surface area (Å²) in [5, 5.41) is 12.8. The van der Waals surface area contributed by atoms with Gasteiger partial charge >= 0.3 is 0 Å². The molecule has 5 rings (SSSR count). The molecular formula is C30H45N7O3S. The molecule has 41 heavy (non-hydrogen) atoms. The minimum absolute atomic E-state index is 0.203. The lowest BCUT2D eigenvalue weighted by atomic mass is 9.74. The van der Waals surface area contributed by atoms with Gasteiger partial charge < -0.3 is 20.3 Å². The van der Waals surface area contributed by atoms with E-state index >= 15 is 0 Å². The zero-order chi connectivity index (χ0) is 29.0. The van der Waals surface area contributed by atoms with Gasteiger partial charge in [-0.25, -0.2) is 13.6 Å². The van der Waals surface area contributed by atoms with Crippen molar-refractivity contribution in [3.05, 3.63) is 41.5 Å². The summed E-state index contributed by atoms with van der Waals surface area (Å²) in [5.41, 5.74) is 1.80. The predicted molar refractivity (Wildman–Crippen MR) is 164 cm³/mol. The molecular weight excluding hydrogens is 538 g/mol. The van der Waals surface area contributed by atoms with E-state index in [1.54, 1.807) is 7.11 Å². The van der Waals surface area contributed by atoms with E-state index in [0.29, 0.717) is 49.1 Å². The number of anilines is 3. The number of benzene rings is 1. The van der Waals surface area contributed by atoms with Crippen molar-refractivity contribution in [2.24, 2.45) is 17.0 Å². The number of ether oxygens (including phenoxy) is 1. The Morgan fingerprint density at radius 2 is 1.80 bits per heavy atom. The summed E-state index contributed by atoms with van der Waals surface area (Å²) < 4.78 is 30.5. The van der Waals surface area contributed by atoms with Crippen molar-refractivity contribution in [1.29, 1.82) is 0 Å². The average Bonchev–Trinajstić information content (AvgIpc) is 3.40. The first-order chi connectivity index (χ1) is 19.7. The Labute approximate surface area is 244 Å². The van der Waals surface area contributed by atoms with Crippen LogP contribution in [0.4, 0.5) is 17.8 Å². The molecule has 0 bridgehead atoms. The summed E-state index contributed by atoms with van der Waals surface area (Å²) in [5.74, 6) is 2.62. The molecule has 2 aromatic rings. The van der Waals surface area contributed by atoms with Gasteiger partial charge in [-0.1, -0.05) is 49.3 Å². The molecule has 2 fully saturated rings. The van der Waals surface area contributed by atoms with E-state index in [9.17, 15) is 8.42 Å². The number of sulfonamides is 1. The number of nitrogens with zero attached hydrogens (tertiary/aromatic N) is 4. The maximum absolute atomic E-state index is 13.0. The number of nitrogens with two attached hydrogens (primary N) is 1. The standard InChI is InChI=1S/C30H45N7O3S/c1-21(2)33-28-34-27(35-29(36-28)37-17-7-10-25(37)20-40-3)32-19-23-14-12-22(13-15-23)18-30(41(31,38)39)16-6-9-24-8-4-5-11-26(24)30/h4-6,8-9,11,21-23,25H,7,10,12-20H2,1-3H3,(H2,31,38,39)(H2,32,33,34,35,36)/t22?,23?,25-,30?/m0/s1. The van der Waals surface area contributed by atoms with E-state index in [4.69, 9.17) is 19.8 Å². The highest BCUT2D eigenvalue weighted by Gasteiger charge is 2.46. The first-order valence-electron chi connectivity index (χ1n) is 15.0. The summed E-state index contributed by atoms with van der Waals surface area (Å²) in [7, 11) is -2.06. The van der Waals surface area contributed by atoms with Gasteiger partial charge in [-0.05, 0) is 75.3 Å². The van der Waals surface area contributed by atoms with Gasteiger partial charge in [0, 0.05) is 26.2 Å². The summed E-state index contributed by atoms with van der Waals surface area (Å²) >= 11 is 0. The molecule has 224 valence electrons. The molecule has 1 saturated heterocycles. The molecule has 1 aromatic carbocycles. The normalized spacial score (nSPS) is 26.3. The summed E-state index contributed by atoms with van der Waals surface area (Å²) in [6.45, 7) is 6.47. The van der Waals surface area contributed by atoms with Gasteiger partial charge in [-0.15, -0.1) is 0 Å². The highest BCUT2D eigenvalue weighted by molar-refractivity contribution is 7.90. The van der Waals surface area contributed by atoms with Crippen molar-refractivity contribution in [2.45, 2.75) is 82.0 Å². The van der Waals surface area contributed by atoms with Gasteiger partial charge in [0.2, 0.25) is 27.9 Å². The van der Waals surface area contributed by atoms with Crippen LogP contribution in [0.1, 0.15) is 76.3 Å². The van der Waals surface area contributed by atoms with E-state index in [-0.39, 0.29) is 12.1 Å². The Hall–Kier alpha value is -2.76. The second-order valence-electron chi connectivity index (χ2n) is 12.2. The number of primary sulfonamides is 1. The minimum Gasteiger partial charge on any atom is -0.383 e. The largest absolute Gasteiger partial charge is 0.383 e. The van der Waals surface area contributed by atoms with E-state index in [1.807, 2.05) is 36.4 Å². The van der Waals surface area contributed by atoms with Crippen LogP contribution in [0.25, 0.3) is 6.08 Å². The first-order valence-corrected chi connectivity index (χ1v) is 16.5. The summed E-state index contributed by atoms with van der Waals surface area (Å²) in [6, 6.07) is 8.24. The van der Waals surface area contributed by atoms with Gasteiger partial charge in [0.1, 0.15) is 4.75 Å². The van der Waals surface area contributed by atoms with E-state index in [0.717, 1.165) is 62.7 Å². The fraction of sp³-hybridized carbons (Fsp3) is 0.633. The SMILES string of the molecule is COC[C@@H]1CCCN1c1nc(NCC2CCC(CC3(S(N)(=O)=O)CC=Cc4ccccc43)CC2)nc(NC(C)C)n1. The Bertz CT molecular complexity index is 1330. The van der Waals surface area contributed by atoms with E-state index < -0.39 is 14.8 Å². The Kier molecular flexibility index (Phi) is 9.15. The Morgan fingerprint density at radius 3 is 2.54 bits per heavy atom. The van der Waals surface area contributed by atoms with Crippen LogP contribution in [-0.4, -0.2) is 62.3 Å². The third-order valence-electron chi connectivity index (χ3n) is 8.91. The van der Waals surface area contributed by atoms with Crippen molar-refractivity contribution in [3.8, 4) is 0 Å². The quantitative estimate of drug-likeness (QED) is 0.349. The number of nitrogens with one attached hydrogen (secondary N) is 2. The smallest absolute Gasteiger partial charge is 0.232 e. The molecule has 3 aliphatic rings. The molecule has 1 unspecified atom stereocenters. The number of aromatic nitrogens is 3. The molecule has 10 nitrogen and oxygen atoms in total. The van der Waals surface area contributed by atoms with Crippen LogP contribution in [0.3, 0.4) is 0 Å². The molecule has 1 aromatic heterocycles. The molecule has 2 aliphatic carbocycles. The maximum atomic E-state index is 13.0. The van der Waals surface area contributed by atoms with Gasteiger partial charge in [-0.3, -0.25) is 0 Å². The number of hydrogen-bond donors (Lipinski definition) is 3. The highest BCUT2D eigenvalue weighted by Crippen LogP contribution is 2.46. The number of hydrogen-bond acceptors (Lipinski definition) is 9. The van der Waals surface area contributed by atoms with Crippen molar-refractivity contribution >= 4 is 33.9 Å². The third-order valence-corrected chi connectivity index (χ3v) is 10.6. The third kappa shape index (κ3) is 6.67. The molecule has 2 atom stereocenters. The fourth-order valence-electron chi connectivity index (χ4n) is 6.82. The van der Waals surface area contributed by atoms with Gasteiger partial charge in [0.25, 0.3) is 0 Å². The van der Waals surface area contributed by atoms with Crippen LogP contribution < -0.4 is 20.7 Å². The molecule has 0 amide bonds. The highest BCUT2D eigenvalue weighted by atomic mass is 32.2. The van der Waals surface area contributed by atoms with Crippen molar-refractivity contribution in [2.75, 3.05) is 42.3 Å². The van der Waals surface area contributed by atoms with Crippen LogP contribution in [0.15, 0.2) is 30.3 Å². The van der Waals surface area contributed by atoms with Gasteiger partial charge in [-0.2, -0.15) is 15.0 Å². The zero-order valence-electron chi connectivity index (χ0n) is 24.6. The lowest BCUT2D eigenvalue weighted by Gasteiger charge is -2.39. The van der Waals surface area contributed by atoms with E-state index in [1.165, 1.54) is 0 Å². The van der Waals surface area contributed by atoms with Crippen molar-refractivity contribution in [1.82, 2.24) is 15.0 Å². The molecule has 1 aliphatic heterocycles. The van der Waals surface area contributed by atoms with Crippen LogP contribution >= 0.6 is 0 Å². The number of allylic oxidation sites excluding steroid dienone is 1. The average molecular weight is 584 g/mol. The molecule has 2 heterocycles. The topological polar surface area (TPSA) is 135 Å².